The molecule has 2 saturated heterocycles. The molecular formula is C14H26N2O2. The number of carbonyl (C=O) groups is 1. The number of likely N-dealkylation sites (tertiary alicyclic amines) is 2. The molecule has 2 aliphatic rings. The van der Waals surface area contributed by atoms with Gasteiger partial charge in [-0.25, -0.2) is 0 Å². The second-order valence-electron chi connectivity index (χ2n) is 5.93. The zero-order chi connectivity index (χ0) is 13.0. The van der Waals surface area contributed by atoms with Crippen molar-refractivity contribution in [3.63, 3.8) is 0 Å². The van der Waals surface area contributed by atoms with Crippen molar-refractivity contribution in [3.05, 3.63) is 0 Å². The highest BCUT2D eigenvalue weighted by atomic mass is 16.4. The van der Waals surface area contributed by atoms with Crippen LogP contribution in [0, 0.1) is 0 Å². The Morgan fingerprint density at radius 1 is 1.06 bits per heavy atom. The zero-order valence-corrected chi connectivity index (χ0v) is 11.5. The maximum atomic E-state index is 11.5. The first-order valence-corrected chi connectivity index (χ1v) is 7.34. The van der Waals surface area contributed by atoms with Crippen LogP contribution in [-0.2, 0) is 4.79 Å². The molecule has 0 saturated carbocycles. The molecular weight excluding hydrogens is 228 g/mol. The minimum absolute atomic E-state index is 0.631. The Balaban J connectivity index is 1.87. The van der Waals surface area contributed by atoms with E-state index in [4.69, 9.17) is 0 Å². The molecule has 1 unspecified atom stereocenters. The summed E-state index contributed by atoms with van der Waals surface area (Å²) >= 11 is 0. The van der Waals surface area contributed by atoms with Crippen LogP contribution in [0.3, 0.4) is 0 Å². The zero-order valence-electron chi connectivity index (χ0n) is 11.5. The molecule has 2 aliphatic heterocycles. The second-order valence-corrected chi connectivity index (χ2v) is 5.93. The number of hydrogen-bond acceptors (Lipinski definition) is 3. The van der Waals surface area contributed by atoms with Gasteiger partial charge in [-0.05, 0) is 58.7 Å². The molecule has 0 amide bonds. The fourth-order valence-electron chi connectivity index (χ4n) is 3.22. The second kappa shape index (κ2) is 6.02. The number of piperidine rings is 2. The summed E-state index contributed by atoms with van der Waals surface area (Å²) in [6.45, 7) is 7.16. The third-order valence-electron chi connectivity index (χ3n) is 4.64. The van der Waals surface area contributed by atoms with Crippen molar-refractivity contribution in [2.45, 2.75) is 51.0 Å². The predicted octanol–water partition coefficient (Wildman–Crippen LogP) is 1.80. The molecule has 2 fully saturated rings. The summed E-state index contributed by atoms with van der Waals surface area (Å²) in [5, 5.41) is 9.45. The monoisotopic (exact) mass is 254 g/mol. The molecule has 4 nitrogen and oxygen atoms in total. The molecule has 0 bridgehead atoms. The summed E-state index contributed by atoms with van der Waals surface area (Å²) in [5.74, 6) is -0.652. The van der Waals surface area contributed by atoms with Crippen LogP contribution in [0.4, 0.5) is 0 Å². The quantitative estimate of drug-likeness (QED) is 0.831. The van der Waals surface area contributed by atoms with Crippen LogP contribution in [0.5, 0.6) is 0 Å². The maximum Gasteiger partial charge on any atom is 0.323 e. The van der Waals surface area contributed by atoms with Crippen LogP contribution in [-0.4, -0.2) is 59.1 Å². The van der Waals surface area contributed by atoms with E-state index in [0.717, 1.165) is 38.9 Å². The Morgan fingerprint density at radius 3 is 2.39 bits per heavy atom. The number of nitrogens with zero attached hydrogens (tertiary/aromatic N) is 2. The van der Waals surface area contributed by atoms with E-state index >= 15 is 0 Å². The van der Waals surface area contributed by atoms with Crippen molar-refractivity contribution < 1.29 is 9.90 Å². The molecule has 104 valence electrons. The van der Waals surface area contributed by atoms with Gasteiger partial charge in [0.25, 0.3) is 0 Å². The highest BCUT2D eigenvalue weighted by Crippen LogP contribution is 2.28. The van der Waals surface area contributed by atoms with Crippen LogP contribution in [0.25, 0.3) is 0 Å². The molecule has 0 aromatic heterocycles. The number of carboxylic acid groups (broad SMARTS) is 1. The van der Waals surface area contributed by atoms with E-state index in [1.165, 1.54) is 32.4 Å². The van der Waals surface area contributed by atoms with E-state index in [0.29, 0.717) is 0 Å². The van der Waals surface area contributed by atoms with Gasteiger partial charge in [0.1, 0.15) is 5.54 Å². The van der Waals surface area contributed by atoms with E-state index in [2.05, 4.69) is 9.80 Å². The Bertz CT molecular complexity index is 290. The summed E-state index contributed by atoms with van der Waals surface area (Å²) in [5.41, 5.74) is -0.631. The molecule has 2 heterocycles. The number of hydrogen-bond donors (Lipinski definition) is 1. The van der Waals surface area contributed by atoms with Gasteiger partial charge in [0.15, 0.2) is 0 Å². The predicted molar refractivity (Wildman–Crippen MR) is 71.8 cm³/mol. The Labute approximate surface area is 110 Å². The summed E-state index contributed by atoms with van der Waals surface area (Å²) in [6, 6.07) is 0. The largest absolute Gasteiger partial charge is 0.480 e. The molecule has 4 heteroatoms. The van der Waals surface area contributed by atoms with Crippen molar-refractivity contribution in [1.29, 1.82) is 0 Å². The Kier molecular flexibility index (Phi) is 4.62. The summed E-state index contributed by atoms with van der Waals surface area (Å²) < 4.78 is 0. The van der Waals surface area contributed by atoms with Crippen LogP contribution in [0.15, 0.2) is 0 Å². The lowest BCUT2D eigenvalue weighted by Crippen LogP contribution is -2.56. The number of aliphatic carboxylic acids is 1. The van der Waals surface area contributed by atoms with Gasteiger partial charge in [0.2, 0.25) is 0 Å². The minimum atomic E-state index is -0.652. The van der Waals surface area contributed by atoms with Crippen molar-refractivity contribution in [1.82, 2.24) is 9.80 Å². The minimum Gasteiger partial charge on any atom is -0.480 e. The molecule has 0 aliphatic carbocycles. The Morgan fingerprint density at radius 2 is 1.72 bits per heavy atom. The summed E-state index contributed by atoms with van der Waals surface area (Å²) in [7, 11) is 0. The Hall–Kier alpha value is -0.610. The molecule has 0 radical (unpaired) electrons. The fraction of sp³-hybridized carbons (Fsp3) is 0.929. The standard InChI is InChI=1S/C14H26N2O2/c1-14(13(17)18)7-3-6-10-16(14)12-11-15-8-4-2-5-9-15/h2-12H2,1H3,(H,17,18). The third-order valence-corrected chi connectivity index (χ3v) is 4.64. The number of carboxylic acids is 1. The van der Waals surface area contributed by atoms with Crippen molar-refractivity contribution in [2.24, 2.45) is 0 Å². The lowest BCUT2D eigenvalue weighted by atomic mass is 9.88. The van der Waals surface area contributed by atoms with Crippen LogP contribution < -0.4 is 0 Å². The molecule has 0 aromatic carbocycles. The van der Waals surface area contributed by atoms with Crippen molar-refractivity contribution in [2.75, 3.05) is 32.7 Å². The van der Waals surface area contributed by atoms with E-state index < -0.39 is 11.5 Å². The van der Waals surface area contributed by atoms with Gasteiger partial charge in [-0.3, -0.25) is 9.69 Å². The smallest absolute Gasteiger partial charge is 0.323 e. The summed E-state index contributed by atoms with van der Waals surface area (Å²) in [4.78, 5) is 16.2. The van der Waals surface area contributed by atoms with Gasteiger partial charge in [-0.1, -0.05) is 6.42 Å². The fourth-order valence-corrected chi connectivity index (χ4v) is 3.22. The van der Waals surface area contributed by atoms with Crippen LogP contribution in [0.1, 0.15) is 45.4 Å². The molecule has 0 spiro atoms. The van der Waals surface area contributed by atoms with Gasteiger partial charge in [-0.2, -0.15) is 0 Å². The van der Waals surface area contributed by atoms with Crippen molar-refractivity contribution >= 4 is 5.97 Å². The molecule has 1 atom stereocenters. The molecule has 2 rings (SSSR count). The van der Waals surface area contributed by atoms with Crippen LogP contribution >= 0.6 is 0 Å². The van der Waals surface area contributed by atoms with Gasteiger partial charge >= 0.3 is 5.97 Å². The van der Waals surface area contributed by atoms with E-state index in [-0.39, 0.29) is 0 Å². The van der Waals surface area contributed by atoms with Gasteiger partial charge in [0, 0.05) is 13.1 Å². The molecule has 0 aromatic rings. The lowest BCUT2D eigenvalue weighted by Gasteiger charge is -2.42. The van der Waals surface area contributed by atoms with Crippen molar-refractivity contribution in [3.8, 4) is 0 Å². The van der Waals surface area contributed by atoms with E-state index in [1.807, 2.05) is 6.92 Å². The molecule has 1 N–H and O–H groups in total. The van der Waals surface area contributed by atoms with Gasteiger partial charge < -0.3 is 10.0 Å². The molecule has 18 heavy (non-hydrogen) atoms. The SMILES string of the molecule is CC1(C(=O)O)CCCCN1CCN1CCCCC1. The first-order chi connectivity index (χ1) is 8.63. The van der Waals surface area contributed by atoms with Gasteiger partial charge in [-0.15, -0.1) is 0 Å². The van der Waals surface area contributed by atoms with E-state index in [1.54, 1.807) is 0 Å². The third kappa shape index (κ3) is 3.04. The highest BCUT2D eigenvalue weighted by Gasteiger charge is 2.40. The lowest BCUT2D eigenvalue weighted by molar-refractivity contribution is -0.153. The first kappa shape index (κ1) is 13.8. The normalized spacial score (nSPS) is 31.4. The van der Waals surface area contributed by atoms with E-state index in [9.17, 15) is 9.90 Å². The first-order valence-electron chi connectivity index (χ1n) is 7.34. The number of rotatable bonds is 4. The average Bonchev–Trinajstić information content (AvgIpc) is 2.39. The van der Waals surface area contributed by atoms with Gasteiger partial charge in [0.05, 0.1) is 0 Å². The maximum absolute atomic E-state index is 11.5. The average molecular weight is 254 g/mol. The van der Waals surface area contributed by atoms with Crippen LogP contribution in [0.2, 0.25) is 0 Å². The highest BCUT2D eigenvalue weighted by molar-refractivity contribution is 5.78. The summed E-state index contributed by atoms with van der Waals surface area (Å²) in [6.07, 6.45) is 6.94. The topological polar surface area (TPSA) is 43.8 Å².